The van der Waals surface area contributed by atoms with Gasteiger partial charge in [-0.05, 0) is 32.1 Å². The van der Waals surface area contributed by atoms with Crippen molar-refractivity contribution in [2.45, 2.75) is 70.8 Å². The number of hydrogen-bond donors (Lipinski definition) is 2. The Morgan fingerprint density at radius 2 is 1.71 bits per heavy atom. The second kappa shape index (κ2) is 18.0. The molecule has 0 bridgehead atoms. The Balaban J connectivity index is 3.34. The maximum atomic E-state index is 10.2. The lowest BCUT2D eigenvalue weighted by Gasteiger charge is -2.01. The zero-order valence-corrected chi connectivity index (χ0v) is 15.0. The van der Waals surface area contributed by atoms with Crippen molar-refractivity contribution >= 4 is 5.97 Å². The molecule has 0 spiro atoms. The molecule has 24 heavy (non-hydrogen) atoms. The lowest BCUT2D eigenvalue weighted by atomic mass is 10.1. The molecule has 138 valence electrons. The van der Waals surface area contributed by atoms with Crippen molar-refractivity contribution < 1.29 is 19.7 Å². The molecule has 4 nitrogen and oxygen atoms in total. The summed E-state index contributed by atoms with van der Waals surface area (Å²) in [6.45, 7) is 2.44. The molecule has 0 radical (unpaired) electrons. The van der Waals surface area contributed by atoms with E-state index in [0.717, 1.165) is 25.7 Å². The van der Waals surface area contributed by atoms with Gasteiger partial charge in [0.05, 0.1) is 6.10 Å². The van der Waals surface area contributed by atoms with Gasteiger partial charge in [-0.1, -0.05) is 69.1 Å². The number of ether oxygens (including phenoxy) is 1. The van der Waals surface area contributed by atoms with Gasteiger partial charge in [0, 0.05) is 6.61 Å². The minimum atomic E-state index is -0.902. The highest BCUT2D eigenvalue weighted by Crippen LogP contribution is 2.08. The number of unbranched alkanes of at least 4 members (excludes halogenated alkanes) is 6. The second-order valence-electron chi connectivity index (χ2n) is 5.85. The van der Waals surface area contributed by atoms with E-state index in [-0.39, 0.29) is 6.61 Å². The van der Waals surface area contributed by atoms with Crippen LogP contribution in [-0.2, 0) is 9.53 Å². The van der Waals surface area contributed by atoms with Gasteiger partial charge in [-0.3, -0.25) is 0 Å². The van der Waals surface area contributed by atoms with E-state index in [0.29, 0.717) is 13.0 Å². The topological polar surface area (TPSA) is 66.8 Å². The van der Waals surface area contributed by atoms with E-state index in [1.165, 1.54) is 25.7 Å². The normalized spacial score (nSPS) is 13.4. The molecule has 0 heterocycles. The Morgan fingerprint density at radius 1 is 1.00 bits per heavy atom. The summed E-state index contributed by atoms with van der Waals surface area (Å²) in [5, 5.41) is 18.1. The second-order valence-corrected chi connectivity index (χ2v) is 5.85. The predicted octanol–water partition coefficient (Wildman–Crippen LogP) is 4.65. The highest BCUT2D eigenvalue weighted by atomic mass is 16.5. The van der Waals surface area contributed by atoms with Gasteiger partial charge in [-0.25, -0.2) is 4.79 Å². The minimum Gasteiger partial charge on any atom is -0.480 e. The number of hydrogen-bond acceptors (Lipinski definition) is 3. The third-order valence-electron chi connectivity index (χ3n) is 3.50. The lowest BCUT2D eigenvalue weighted by molar-refractivity contribution is -0.142. The number of aliphatic carboxylic acids is 1. The number of aliphatic hydroxyl groups excluding tert-OH is 1. The Labute approximate surface area is 146 Å². The maximum Gasteiger partial charge on any atom is 0.329 e. The van der Waals surface area contributed by atoms with Crippen LogP contribution in [0.5, 0.6) is 0 Å². The molecular weight excluding hydrogens is 304 g/mol. The van der Waals surface area contributed by atoms with Crippen LogP contribution in [0, 0.1) is 0 Å². The first-order chi connectivity index (χ1) is 11.7. The summed E-state index contributed by atoms with van der Waals surface area (Å²) >= 11 is 0. The number of carbonyl (C=O) groups is 1. The van der Waals surface area contributed by atoms with Crippen molar-refractivity contribution in [3.8, 4) is 0 Å². The van der Waals surface area contributed by atoms with Crippen LogP contribution in [0.2, 0.25) is 0 Å². The third-order valence-corrected chi connectivity index (χ3v) is 3.50. The summed E-state index contributed by atoms with van der Waals surface area (Å²) in [6.07, 6.45) is 21.2. The molecule has 0 saturated heterocycles. The average Bonchev–Trinajstić information content (AvgIpc) is 2.55. The van der Waals surface area contributed by atoms with E-state index in [1.54, 1.807) is 0 Å². The SMILES string of the molecule is CC/C=C\CC(O)/C=C/C=C\CCCCCCCCOCC(=O)O. The molecule has 1 unspecified atom stereocenters. The lowest BCUT2D eigenvalue weighted by Crippen LogP contribution is -2.07. The number of carboxylic acids is 1. The van der Waals surface area contributed by atoms with Gasteiger partial charge in [0.2, 0.25) is 0 Å². The molecule has 0 aromatic rings. The van der Waals surface area contributed by atoms with Gasteiger partial charge < -0.3 is 14.9 Å². The van der Waals surface area contributed by atoms with Crippen molar-refractivity contribution in [1.29, 1.82) is 0 Å². The molecule has 2 N–H and O–H groups in total. The summed E-state index contributed by atoms with van der Waals surface area (Å²) < 4.78 is 4.99. The Kier molecular flexibility index (Phi) is 16.9. The fraction of sp³-hybridized carbons (Fsp3) is 0.650. The number of carboxylic acid groups (broad SMARTS) is 1. The fourth-order valence-electron chi connectivity index (χ4n) is 2.18. The molecule has 0 aromatic carbocycles. The Morgan fingerprint density at radius 3 is 2.42 bits per heavy atom. The van der Waals surface area contributed by atoms with E-state index in [1.807, 2.05) is 24.3 Å². The van der Waals surface area contributed by atoms with Crippen LogP contribution in [0.3, 0.4) is 0 Å². The van der Waals surface area contributed by atoms with Crippen LogP contribution >= 0.6 is 0 Å². The minimum absolute atomic E-state index is 0.187. The summed E-state index contributed by atoms with van der Waals surface area (Å²) in [5.74, 6) is -0.902. The smallest absolute Gasteiger partial charge is 0.329 e. The molecule has 0 aromatic heterocycles. The predicted molar refractivity (Wildman–Crippen MR) is 99.1 cm³/mol. The van der Waals surface area contributed by atoms with Crippen molar-refractivity contribution in [2.75, 3.05) is 13.2 Å². The monoisotopic (exact) mass is 338 g/mol. The molecule has 0 aliphatic carbocycles. The number of aliphatic hydroxyl groups is 1. The van der Waals surface area contributed by atoms with Crippen LogP contribution in [0.1, 0.15) is 64.7 Å². The van der Waals surface area contributed by atoms with E-state index in [9.17, 15) is 9.90 Å². The van der Waals surface area contributed by atoms with Gasteiger partial charge in [0.1, 0.15) is 6.61 Å². The van der Waals surface area contributed by atoms with Gasteiger partial charge in [-0.2, -0.15) is 0 Å². The van der Waals surface area contributed by atoms with Crippen LogP contribution in [0.25, 0.3) is 0 Å². The van der Waals surface area contributed by atoms with E-state index in [4.69, 9.17) is 9.84 Å². The zero-order valence-electron chi connectivity index (χ0n) is 15.0. The molecule has 0 saturated carbocycles. The van der Waals surface area contributed by atoms with Gasteiger partial charge in [0.15, 0.2) is 0 Å². The maximum absolute atomic E-state index is 10.2. The average molecular weight is 338 g/mol. The molecule has 0 rings (SSSR count). The summed E-state index contributed by atoms with van der Waals surface area (Å²) in [5.41, 5.74) is 0. The summed E-state index contributed by atoms with van der Waals surface area (Å²) in [4.78, 5) is 10.2. The first kappa shape index (κ1) is 22.6. The van der Waals surface area contributed by atoms with E-state index in [2.05, 4.69) is 19.1 Å². The van der Waals surface area contributed by atoms with Crippen molar-refractivity contribution in [2.24, 2.45) is 0 Å². The van der Waals surface area contributed by atoms with E-state index < -0.39 is 12.1 Å². The molecule has 0 aliphatic heterocycles. The van der Waals surface area contributed by atoms with Crippen LogP contribution in [0.4, 0.5) is 0 Å². The number of rotatable bonds is 16. The largest absolute Gasteiger partial charge is 0.480 e. The highest BCUT2D eigenvalue weighted by Gasteiger charge is 1.96. The molecule has 0 aliphatic rings. The van der Waals surface area contributed by atoms with Crippen LogP contribution in [0.15, 0.2) is 36.5 Å². The zero-order chi connectivity index (χ0) is 17.9. The first-order valence-corrected chi connectivity index (χ1v) is 9.12. The van der Waals surface area contributed by atoms with E-state index >= 15 is 0 Å². The number of allylic oxidation sites excluding steroid dienone is 4. The standard InChI is InChI=1S/C20H34O4/c1-2-3-12-15-19(21)16-13-10-8-6-4-5-7-9-11-14-17-24-18-20(22)23/h3,8,10,12-13,16,19,21H,2,4-7,9,11,14-15,17-18H2,1H3,(H,22,23)/b10-8-,12-3-,16-13+. The van der Waals surface area contributed by atoms with Gasteiger partial charge in [-0.15, -0.1) is 0 Å². The van der Waals surface area contributed by atoms with Crippen molar-refractivity contribution in [3.63, 3.8) is 0 Å². The first-order valence-electron chi connectivity index (χ1n) is 9.12. The highest BCUT2D eigenvalue weighted by molar-refractivity contribution is 5.67. The van der Waals surface area contributed by atoms with Gasteiger partial charge >= 0.3 is 5.97 Å². The molecule has 0 fully saturated rings. The molecule has 4 heteroatoms. The fourth-order valence-corrected chi connectivity index (χ4v) is 2.18. The van der Waals surface area contributed by atoms with Crippen LogP contribution < -0.4 is 0 Å². The van der Waals surface area contributed by atoms with Crippen molar-refractivity contribution in [1.82, 2.24) is 0 Å². The molecule has 0 amide bonds. The summed E-state index contributed by atoms with van der Waals surface area (Å²) in [6, 6.07) is 0. The summed E-state index contributed by atoms with van der Waals surface area (Å²) in [7, 11) is 0. The molecule has 1 atom stereocenters. The molecular formula is C20H34O4. The third kappa shape index (κ3) is 18.7. The van der Waals surface area contributed by atoms with Crippen LogP contribution in [-0.4, -0.2) is 35.5 Å². The van der Waals surface area contributed by atoms with Crippen molar-refractivity contribution in [3.05, 3.63) is 36.5 Å². The Bertz CT molecular complexity index is 372. The quantitative estimate of drug-likeness (QED) is 0.244. The Hall–Kier alpha value is -1.39. The van der Waals surface area contributed by atoms with Gasteiger partial charge in [0.25, 0.3) is 0 Å².